The predicted octanol–water partition coefficient (Wildman–Crippen LogP) is 3.81. The summed E-state index contributed by atoms with van der Waals surface area (Å²) in [4.78, 5) is 0. The Morgan fingerprint density at radius 3 is 1.26 bits per heavy atom. The fourth-order valence-corrected chi connectivity index (χ4v) is 1.46. The van der Waals surface area contributed by atoms with Crippen molar-refractivity contribution in [1.82, 2.24) is 0 Å². The summed E-state index contributed by atoms with van der Waals surface area (Å²) in [6, 6.07) is 20.6. The average molecular weight is 300 g/mol. The maximum atomic E-state index is 2.14. The van der Waals surface area contributed by atoms with Gasteiger partial charge in [0.1, 0.15) is 0 Å². The second-order valence-electron chi connectivity index (χ2n) is 3.54. The van der Waals surface area contributed by atoms with Crippen LogP contribution in [0.1, 0.15) is 11.1 Å². The standard InChI is InChI=1S/C16H14.CH6Si.Ti/c1-3-9-15(10-4-1)13-7-8-14-16-11-5-2-6-12-16;1-2;/h1-14H;1-2H3;. The normalized spacial score (nSPS) is 9.95. The summed E-state index contributed by atoms with van der Waals surface area (Å²) in [6.07, 6.45) is 8.31. The van der Waals surface area contributed by atoms with Crippen molar-refractivity contribution < 1.29 is 21.7 Å². The Bertz CT molecular complexity index is 428. The van der Waals surface area contributed by atoms with Crippen LogP contribution in [-0.2, 0) is 21.7 Å². The van der Waals surface area contributed by atoms with Crippen molar-refractivity contribution in [3.8, 4) is 0 Å². The van der Waals surface area contributed by atoms with Gasteiger partial charge in [-0.3, -0.25) is 0 Å². The zero-order chi connectivity index (χ0) is 13.1. The predicted molar refractivity (Wildman–Crippen MR) is 86.8 cm³/mol. The van der Waals surface area contributed by atoms with Gasteiger partial charge in [0.05, 0.1) is 0 Å². The third-order valence-electron chi connectivity index (χ3n) is 2.29. The molecule has 0 N–H and O–H groups in total. The number of benzene rings is 2. The van der Waals surface area contributed by atoms with Crippen LogP contribution < -0.4 is 0 Å². The Morgan fingerprint density at radius 1 is 0.632 bits per heavy atom. The van der Waals surface area contributed by atoms with Gasteiger partial charge in [-0.05, 0) is 21.4 Å². The molecule has 0 aliphatic rings. The maximum absolute atomic E-state index is 2.14. The molecule has 0 nitrogen and oxygen atoms in total. The summed E-state index contributed by atoms with van der Waals surface area (Å²) in [5, 5.41) is 0. The first-order valence-corrected chi connectivity index (χ1v) is 8.40. The van der Waals surface area contributed by atoms with Gasteiger partial charge in [-0.25, -0.2) is 0 Å². The van der Waals surface area contributed by atoms with E-state index in [9.17, 15) is 0 Å². The Kier molecular flexibility index (Phi) is 11.2. The van der Waals surface area contributed by atoms with Gasteiger partial charge in [-0.2, -0.15) is 0 Å². The van der Waals surface area contributed by atoms with Gasteiger partial charge >= 0.3 is 0 Å². The average Bonchev–Trinajstić information content (AvgIpc) is 2.48. The minimum atomic E-state index is 0. The van der Waals surface area contributed by atoms with Crippen molar-refractivity contribution in [2.75, 3.05) is 0 Å². The molecule has 0 radical (unpaired) electrons. The van der Waals surface area contributed by atoms with Gasteiger partial charge in [-0.15, -0.1) is 0 Å². The minimum Gasteiger partial charge on any atom is -0.0777 e. The van der Waals surface area contributed by atoms with Crippen molar-refractivity contribution in [3.05, 3.63) is 83.9 Å². The molecule has 0 aliphatic heterocycles. The number of hydrogen-bond donors (Lipinski definition) is 0. The summed E-state index contributed by atoms with van der Waals surface area (Å²) in [5.41, 5.74) is 2.44. The van der Waals surface area contributed by atoms with E-state index in [0.717, 1.165) is 0 Å². The van der Waals surface area contributed by atoms with E-state index in [1.807, 2.05) is 36.4 Å². The summed E-state index contributed by atoms with van der Waals surface area (Å²) in [7, 11) is 1.31. The van der Waals surface area contributed by atoms with E-state index in [2.05, 4.69) is 55.1 Å². The fourth-order valence-electron chi connectivity index (χ4n) is 1.46. The van der Waals surface area contributed by atoms with Crippen LogP contribution >= 0.6 is 0 Å². The first kappa shape index (κ1) is 17.9. The van der Waals surface area contributed by atoms with Crippen LogP contribution in [0, 0.1) is 0 Å². The van der Waals surface area contributed by atoms with Crippen molar-refractivity contribution in [1.29, 1.82) is 0 Å². The molecule has 2 heteroatoms. The molecule has 2 aromatic rings. The van der Waals surface area contributed by atoms with Gasteiger partial charge in [-0.1, -0.05) is 91.5 Å². The Morgan fingerprint density at radius 2 is 0.947 bits per heavy atom. The van der Waals surface area contributed by atoms with Crippen LogP contribution in [0.5, 0.6) is 0 Å². The van der Waals surface area contributed by atoms with Gasteiger partial charge < -0.3 is 0 Å². The van der Waals surface area contributed by atoms with Crippen LogP contribution in [0.4, 0.5) is 0 Å². The summed E-state index contributed by atoms with van der Waals surface area (Å²) >= 11 is 0. The summed E-state index contributed by atoms with van der Waals surface area (Å²) in [5.74, 6) is 0. The van der Waals surface area contributed by atoms with E-state index in [0.29, 0.717) is 0 Å². The summed E-state index contributed by atoms with van der Waals surface area (Å²) in [6.45, 7) is 2.14. The second kappa shape index (κ2) is 11.9. The molecule has 0 saturated carbocycles. The SMILES string of the molecule is C(C=Cc1ccccc1)=Cc1ccccc1.C[SiH3].[Ti]. The molecule has 0 heterocycles. The van der Waals surface area contributed by atoms with E-state index in [-0.39, 0.29) is 21.7 Å². The molecule has 0 unspecified atom stereocenters. The molecule has 0 saturated heterocycles. The van der Waals surface area contributed by atoms with Crippen molar-refractivity contribution >= 4 is 22.4 Å². The molecule has 0 amide bonds. The number of hydrogen-bond acceptors (Lipinski definition) is 0. The molecule has 19 heavy (non-hydrogen) atoms. The Hall–Kier alpha value is -1.15. The molecular formula is C17H20SiTi. The van der Waals surface area contributed by atoms with Crippen molar-refractivity contribution in [3.63, 3.8) is 0 Å². The van der Waals surface area contributed by atoms with Crippen molar-refractivity contribution in [2.24, 2.45) is 0 Å². The van der Waals surface area contributed by atoms with Gasteiger partial charge in [0.2, 0.25) is 0 Å². The molecule has 0 spiro atoms. The van der Waals surface area contributed by atoms with Crippen LogP contribution in [0.15, 0.2) is 72.8 Å². The summed E-state index contributed by atoms with van der Waals surface area (Å²) < 4.78 is 0. The van der Waals surface area contributed by atoms with Crippen LogP contribution in [0.2, 0.25) is 6.55 Å². The molecular weight excluding hydrogens is 280 g/mol. The van der Waals surface area contributed by atoms with E-state index in [4.69, 9.17) is 0 Å². The second-order valence-corrected chi connectivity index (χ2v) is 3.54. The zero-order valence-corrected chi connectivity index (χ0v) is 15.1. The van der Waals surface area contributed by atoms with E-state index in [1.54, 1.807) is 0 Å². The van der Waals surface area contributed by atoms with E-state index >= 15 is 0 Å². The fraction of sp³-hybridized carbons (Fsp3) is 0.0588. The molecule has 0 aliphatic carbocycles. The first-order chi connectivity index (χ1) is 8.95. The largest absolute Gasteiger partial charge is 0.0777 e. The topological polar surface area (TPSA) is 0 Å². The maximum Gasteiger partial charge on any atom is 0 e. The van der Waals surface area contributed by atoms with Gasteiger partial charge in [0.15, 0.2) is 0 Å². The van der Waals surface area contributed by atoms with Gasteiger partial charge in [0.25, 0.3) is 0 Å². The molecule has 96 valence electrons. The molecule has 0 fully saturated rings. The molecule has 2 rings (SSSR count). The first-order valence-electron chi connectivity index (χ1n) is 6.40. The van der Waals surface area contributed by atoms with Crippen molar-refractivity contribution in [2.45, 2.75) is 6.55 Å². The number of allylic oxidation sites excluding steroid dienone is 2. The van der Waals surface area contributed by atoms with Crippen LogP contribution in [-0.4, -0.2) is 10.2 Å². The van der Waals surface area contributed by atoms with Crippen LogP contribution in [0.25, 0.3) is 12.2 Å². The Balaban J connectivity index is 0.00000103. The van der Waals surface area contributed by atoms with Crippen LogP contribution in [0.3, 0.4) is 0 Å². The molecule has 0 bridgehead atoms. The monoisotopic (exact) mass is 300 g/mol. The molecule has 2 aromatic carbocycles. The smallest absolute Gasteiger partial charge is 0 e. The molecule has 0 atom stereocenters. The quantitative estimate of drug-likeness (QED) is 0.597. The number of rotatable bonds is 3. The van der Waals surface area contributed by atoms with E-state index < -0.39 is 0 Å². The minimum absolute atomic E-state index is 0. The molecule has 0 aromatic heterocycles. The van der Waals surface area contributed by atoms with Gasteiger partial charge in [0, 0.05) is 21.7 Å². The Labute approximate surface area is 134 Å². The third-order valence-corrected chi connectivity index (χ3v) is 2.29. The third kappa shape index (κ3) is 7.78. The zero-order valence-electron chi connectivity index (χ0n) is 11.6. The van der Waals surface area contributed by atoms with E-state index in [1.165, 1.54) is 21.4 Å².